The van der Waals surface area contributed by atoms with Crippen molar-refractivity contribution in [2.24, 2.45) is 0 Å². The fourth-order valence-corrected chi connectivity index (χ4v) is 3.08. The van der Waals surface area contributed by atoms with Crippen molar-refractivity contribution in [2.45, 2.75) is 37.8 Å². The third-order valence-electron chi connectivity index (χ3n) is 4.35. The third-order valence-corrected chi connectivity index (χ3v) is 6.05. The highest BCUT2D eigenvalue weighted by Gasteiger charge is 2.42. The second-order valence-electron chi connectivity index (χ2n) is 6.36. The topological polar surface area (TPSA) is 101 Å². The Morgan fingerprint density at radius 1 is 1.26 bits per heavy atom. The van der Waals surface area contributed by atoms with Gasteiger partial charge in [0.15, 0.2) is 11.5 Å². The van der Waals surface area contributed by atoms with Gasteiger partial charge in [0.25, 0.3) is 0 Å². The minimum Gasteiger partial charge on any atom is -0.360 e. The van der Waals surface area contributed by atoms with Crippen LogP contribution in [0, 0.1) is 0 Å². The van der Waals surface area contributed by atoms with Gasteiger partial charge >= 0.3 is 7.60 Å². The van der Waals surface area contributed by atoms with Crippen LogP contribution in [-0.2, 0) is 9.72 Å². The highest BCUT2D eigenvalue weighted by Crippen LogP contribution is 2.57. The van der Waals surface area contributed by atoms with E-state index in [4.69, 9.17) is 4.52 Å². The molecule has 0 atom stereocenters. The number of carbonyl (C=O) groups excluding carboxylic acids is 1. The van der Waals surface area contributed by atoms with E-state index in [1.165, 1.54) is 20.0 Å². The third kappa shape index (κ3) is 2.78. The molecule has 0 aliphatic heterocycles. The molecule has 122 valence electrons. The van der Waals surface area contributed by atoms with Crippen molar-refractivity contribution in [1.82, 2.24) is 5.16 Å². The first-order valence-electron chi connectivity index (χ1n) is 7.38. The number of benzene rings is 1. The molecule has 6 nitrogen and oxygen atoms in total. The highest BCUT2D eigenvalue weighted by molar-refractivity contribution is 7.53. The van der Waals surface area contributed by atoms with Gasteiger partial charge in [0.1, 0.15) is 0 Å². The number of hydrogen-bond acceptors (Lipinski definition) is 4. The summed E-state index contributed by atoms with van der Waals surface area (Å²) in [5, 5.41) is 2.26. The summed E-state index contributed by atoms with van der Waals surface area (Å²) in [7, 11) is -4.44. The Morgan fingerprint density at radius 2 is 1.91 bits per heavy atom. The molecule has 2 aromatic rings. The van der Waals surface area contributed by atoms with Gasteiger partial charge in [-0.05, 0) is 32.3 Å². The van der Waals surface area contributed by atoms with Gasteiger partial charge in [0.2, 0.25) is 0 Å². The zero-order valence-electron chi connectivity index (χ0n) is 12.9. The van der Waals surface area contributed by atoms with Crippen LogP contribution in [0.1, 0.15) is 59.9 Å². The van der Waals surface area contributed by atoms with E-state index in [0.717, 1.165) is 12.8 Å². The highest BCUT2D eigenvalue weighted by atomic mass is 31.2. The molecule has 0 radical (unpaired) electrons. The Hall–Kier alpha value is -1.75. The fourth-order valence-electron chi connectivity index (χ4n) is 2.58. The predicted octanol–water partition coefficient (Wildman–Crippen LogP) is 3.20. The summed E-state index contributed by atoms with van der Waals surface area (Å²) in [4.78, 5) is 32.2. The Kier molecular flexibility index (Phi) is 3.79. The van der Waals surface area contributed by atoms with E-state index in [1.54, 1.807) is 24.3 Å². The van der Waals surface area contributed by atoms with Gasteiger partial charge in [-0.1, -0.05) is 29.4 Å². The zero-order valence-corrected chi connectivity index (χ0v) is 13.8. The number of nitrogens with zero attached hydrogens (tertiary/aromatic N) is 1. The van der Waals surface area contributed by atoms with Crippen molar-refractivity contribution in [2.75, 3.05) is 0 Å². The van der Waals surface area contributed by atoms with Gasteiger partial charge in [-0.25, -0.2) is 0 Å². The van der Waals surface area contributed by atoms with Crippen LogP contribution in [0.4, 0.5) is 0 Å². The molecule has 1 aliphatic rings. The van der Waals surface area contributed by atoms with Gasteiger partial charge in [-0.3, -0.25) is 9.36 Å². The molecule has 0 amide bonds. The summed E-state index contributed by atoms with van der Waals surface area (Å²) in [5.41, 5.74) is 0.966. The molecule has 7 heteroatoms. The first kappa shape index (κ1) is 16.1. The van der Waals surface area contributed by atoms with Gasteiger partial charge in [0.05, 0.1) is 16.9 Å². The van der Waals surface area contributed by atoms with E-state index in [9.17, 15) is 19.1 Å². The number of ketones is 1. The lowest BCUT2D eigenvalue weighted by molar-refractivity contribution is 0.103. The Labute approximate surface area is 133 Å². The molecular formula is C16H18NO5P. The van der Waals surface area contributed by atoms with Crippen molar-refractivity contribution in [1.29, 1.82) is 0 Å². The Bertz CT molecular complexity index is 800. The second-order valence-corrected chi connectivity index (χ2v) is 8.56. The number of aromatic nitrogens is 1. The maximum atomic E-state index is 12.9. The maximum Gasteiger partial charge on any atom is 0.335 e. The molecule has 3 rings (SSSR count). The van der Waals surface area contributed by atoms with Crippen LogP contribution in [0.3, 0.4) is 0 Å². The average molecular weight is 335 g/mol. The molecule has 1 aromatic carbocycles. The Morgan fingerprint density at radius 3 is 2.52 bits per heavy atom. The van der Waals surface area contributed by atoms with E-state index in [-0.39, 0.29) is 17.3 Å². The molecule has 1 heterocycles. The van der Waals surface area contributed by atoms with E-state index >= 15 is 0 Å². The summed E-state index contributed by atoms with van der Waals surface area (Å²) in [6.45, 7) is 2.88. The SMILES string of the molecule is CC(C)(c1ccccc1C(=O)c1cnoc1C1CC1)P(=O)(O)O. The van der Waals surface area contributed by atoms with Gasteiger partial charge in [-0.2, -0.15) is 0 Å². The molecule has 2 N–H and O–H groups in total. The maximum absolute atomic E-state index is 12.9. The predicted molar refractivity (Wildman–Crippen MR) is 83.4 cm³/mol. The quantitative estimate of drug-likeness (QED) is 0.643. The minimum atomic E-state index is -4.44. The van der Waals surface area contributed by atoms with Crippen molar-refractivity contribution < 1.29 is 23.7 Å². The molecule has 1 aliphatic carbocycles. The molecule has 23 heavy (non-hydrogen) atoms. The van der Waals surface area contributed by atoms with Crippen LogP contribution in [-0.4, -0.2) is 20.7 Å². The summed E-state index contributed by atoms with van der Waals surface area (Å²) < 4.78 is 17.1. The van der Waals surface area contributed by atoms with Crippen LogP contribution >= 0.6 is 7.60 Å². The van der Waals surface area contributed by atoms with E-state index in [0.29, 0.717) is 16.9 Å². The summed E-state index contributed by atoms with van der Waals surface area (Å²) in [5.74, 6) is 0.475. The summed E-state index contributed by atoms with van der Waals surface area (Å²) in [6, 6.07) is 6.51. The number of carbonyl (C=O) groups is 1. The van der Waals surface area contributed by atoms with Crippen molar-refractivity contribution in [3.63, 3.8) is 0 Å². The number of rotatable bonds is 5. The van der Waals surface area contributed by atoms with Crippen molar-refractivity contribution >= 4 is 13.4 Å². The van der Waals surface area contributed by atoms with Crippen molar-refractivity contribution in [3.8, 4) is 0 Å². The van der Waals surface area contributed by atoms with Crippen LogP contribution < -0.4 is 0 Å². The lowest BCUT2D eigenvalue weighted by Gasteiger charge is -2.28. The second kappa shape index (κ2) is 5.41. The van der Waals surface area contributed by atoms with Crippen LogP contribution in [0.25, 0.3) is 0 Å². The molecule has 1 aromatic heterocycles. The lowest BCUT2D eigenvalue weighted by Crippen LogP contribution is -2.21. The Balaban J connectivity index is 2.09. The van der Waals surface area contributed by atoms with E-state index in [2.05, 4.69) is 5.16 Å². The zero-order chi connectivity index (χ0) is 16.8. The van der Waals surface area contributed by atoms with Gasteiger partial charge in [-0.15, -0.1) is 0 Å². The van der Waals surface area contributed by atoms with E-state index < -0.39 is 12.8 Å². The monoisotopic (exact) mass is 335 g/mol. The van der Waals surface area contributed by atoms with Gasteiger partial charge < -0.3 is 14.3 Å². The van der Waals surface area contributed by atoms with Crippen LogP contribution in [0.15, 0.2) is 35.0 Å². The van der Waals surface area contributed by atoms with Crippen molar-refractivity contribution in [3.05, 3.63) is 52.9 Å². The van der Waals surface area contributed by atoms with Crippen LogP contribution in [0.5, 0.6) is 0 Å². The summed E-state index contributed by atoms with van der Waals surface area (Å²) >= 11 is 0. The average Bonchev–Trinajstić information content (AvgIpc) is 3.22. The molecule has 0 saturated heterocycles. The van der Waals surface area contributed by atoms with Gasteiger partial charge in [0, 0.05) is 11.5 Å². The normalized spacial score (nSPS) is 15.7. The summed E-state index contributed by atoms with van der Waals surface area (Å²) in [6.07, 6.45) is 3.31. The first-order chi connectivity index (χ1) is 10.7. The standard InChI is InChI=1S/C16H18NO5P/c1-16(2,23(19,20)21)13-6-4-3-5-11(13)14(18)12-9-17-22-15(12)10-7-8-10/h3-6,9-10H,7-8H2,1-2H3,(H2,19,20,21). The largest absolute Gasteiger partial charge is 0.360 e. The molecule has 0 unspecified atom stereocenters. The fraction of sp³-hybridized carbons (Fsp3) is 0.375. The molecular weight excluding hydrogens is 317 g/mol. The molecule has 0 spiro atoms. The number of hydrogen-bond donors (Lipinski definition) is 2. The smallest absolute Gasteiger partial charge is 0.335 e. The first-order valence-corrected chi connectivity index (χ1v) is 8.99. The lowest BCUT2D eigenvalue weighted by atomic mass is 9.91. The molecule has 0 bridgehead atoms. The van der Waals surface area contributed by atoms with E-state index in [1.807, 2.05) is 0 Å². The van der Waals surface area contributed by atoms with Crippen LogP contribution in [0.2, 0.25) is 0 Å². The molecule has 1 saturated carbocycles. The minimum absolute atomic E-state index is 0.221. The molecule has 1 fully saturated rings.